The Hall–Kier alpha value is -3.11. The third kappa shape index (κ3) is 5.19. The minimum atomic E-state index is -1.99. The van der Waals surface area contributed by atoms with Gasteiger partial charge in [0, 0.05) is 6.07 Å². The molecule has 13 nitrogen and oxygen atoms in total. The molecule has 8 atom stereocenters. The zero-order valence-electron chi connectivity index (χ0n) is 21.3. The van der Waals surface area contributed by atoms with Crippen LogP contribution in [0.4, 0.5) is 0 Å². The summed E-state index contributed by atoms with van der Waals surface area (Å²) in [5, 5.41) is 61.0. The maximum atomic E-state index is 13.2. The first kappa shape index (κ1) is 28.4. The largest absolute Gasteiger partial charge is 0.497 e. The van der Waals surface area contributed by atoms with Crippen LogP contribution in [0.3, 0.4) is 0 Å². The fraction of sp³-hybridized carbons (Fsp3) is 0.444. The molecule has 3 aromatic rings. The van der Waals surface area contributed by atoms with Gasteiger partial charge in [-0.25, -0.2) is 0 Å². The highest BCUT2D eigenvalue weighted by molar-refractivity contribution is 5.82. The minimum Gasteiger partial charge on any atom is -0.497 e. The molecule has 0 aliphatic carbocycles. The van der Waals surface area contributed by atoms with Crippen molar-refractivity contribution in [2.75, 3.05) is 26.9 Å². The number of rotatable bonds is 8. The van der Waals surface area contributed by atoms with Gasteiger partial charge in [0.1, 0.15) is 53.4 Å². The highest BCUT2D eigenvalue weighted by Crippen LogP contribution is 2.33. The molecule has 5 unspecified atom stereocenters. The van der Waals surface area contributed by atoms with Gasteiger partial charge >= 0.3 is 0 Å². The molecule has 2 aliphatic rings. The molecule has 3 heterocycles. The Balaban J connectivity index is 1.40. The first-order valence-electron chi connectivity index (χ1n) is 12.5. The highest BCUT2D eigenvalue weighted by atomic mass is 16.8. The van der Waals surface area contributed by atoms with Gasteiger partial charge in [-0.05, 0) is 29.8 Å². The van der Waals surface area contributed by atoms with Crippen LogP contribution in [-0.4, -0.2) is 106 Å². The zero-order chi connectivity index (χ0) is 28.6. The van der Waals surface area contributed by atoms with Crippen molar-refractivity contribution in [3.63, 3.8) is 0 Å². The Morgan fingerprint density at radius 1 is 1.00 bits per heavy atom. The van der Waals surface area contributed by atoms with Gasteiger partial charge in [-0.15, -0.1) is 0 Å². The summed E-state index contributed by atoms with van der Waals surface area (Å²) in [4.78, 5) is 13.2. The highest BCUT2D eigenvalue weighted by Gasteiger charge is 2.53. The van der Waals surface area contributed by atoms with Crippen molar-refractivity contribution < 1.29 is 58.7 Å². The molecule has 2 aromatic carbocycles. The van der Waals surface area contributed by atoms with E-state index < -0.39 is 68.5 Å². The summed E-state index contributed by atoms with van der Waals surface area (Å²) < 4.78 is 33.3. The second kappa shape index (κ2) is 11.4. The summed E-state index contributed by atoms with van der Waals surface area (Å²) in [5.74, 6) is 0.772. The lowest BCUT2D eigenvalue weighted by atomic mass is 9.98. The van der Waals surface area contributed by atoms with Crippen LogP contribution in [0, 0.1) is 0 Å². The van der Waals surface area contributed by atoms with E-state index in [4.69, 9.17) is 28.1 Å². The van der Waals surface area contributed by atoms with Crippen molar-refractivity contribution in [1.29, 1.82) is 0 Å². The van der Waals surface area contributed by atoms with E-state index in [2.05, 4.69) is 0 Å². The normalized spacial score (nSPS) is 32.3. The summed E-state index contributed by atoms with van der Waals surface area (Å²) in [6.45, 7) is -1.91. The third-order valence-corrected chi connectivity index (χ3v) is 7.09. The Bertz CT molecular complexity index is 1380. The lowest BCUT2D eigenvalue weighted by Gasteiger charge is -2.42. The third-order valence-electron chi connectivity index (χ3n) is 7.09. The Morgan fingerprint density at radius 2 is 1.73 bits per heavy atom. The number of aliphatic hydroxyl groups is 6. The summed E-state index contributed by atoms with van der Waals surface area (Å²) in [7, 11) is 1.54. The van der Waals surface area contributed by atoms with E-state index in [0.29, 0.717) is 16.9 Å². The smallest absolute Gasteiger partial charge is 0.229 e. The van der Waals surface area contributed by atoms with Crippen molar-refractivity contribution in [2.45, 2.75) is 48.7 Å². The molecule has 0 bridgehead atoms. The number of fused-ring (bicyclic) bond motifs is 1. The molecule has 40 heavy (non-hydrogen) atoms. The fourth-order valence-electron chi connectivity index (χ4n) is 4.65. The van der Waals surface area contributed by atoms with Crippen molar-refractivity contribution in [1.82, 2.24) is 0 Å². The molecule has 2 aliphatic heterocycles. The monoisotopic (exact) mass is 562 g/mol. The standard InChI is InChI=1S/C27H30O13/c1-35-14-4-2-13(3-5-14)17-10-36-18-8-15(6-7-16(18)20(17)30)38-25-23(22(32)21(31)19(9-28)39-25)40-26-24(33)27(34,11-29)12-37-26/h2-8,10,19,21-26,28-29,31-34H,9,11-12H2,1H3/t19?,21?,22?,23?,24-,25?,26+,27+/m0/s1. The average Bonchev–Trinajstić information content (AvgIpc) is 3.26. The van der Waals surface area contributed by atoms with Gasteiger partial charge < -0.3 is 58.7 Å². The van der Waals surface area contributed by atoms with E-state index in [1.165, 1.54) is 24.5 Å². The van der Waals surface area contributed by atoms with Crippen LogP contribution in [0.2, 0.25) is 0 Å². The predicted molar refractivity (Wildman–Crippen MR) is 136 cm³/mol. The Labute approximate surface area is 227 Å². The predicted octanol–water partition coefficient (Wildman–Crippen LogP) is -0.888. The molecule has 13 heteroatoms. The summed E-state index contributed by atoms with van der Waals surface area (Å²) in [5.41, 5.74) is -1.10. The lowest BCUT2D eigenvalue weighted by molar-refractivity contribution is -0.318. The number of hydrogen-bond acceptors (Lipinski definition) is 13. The van der Waals surface area contributed by atoms with Gasteiger partial charge in [0.2, 0.25) is 6.29 Å². The van der Waals surface area contributed by atoms with Crippen LogP contribution in [0.25, 0.3) is 22.1 Å². The number of benzene rings is 2. The van der Waals surface area contributed by atoms with Gasteiger partial charge in [-0.1, -0.05) is 12.1 Å². The second-order valence-electron chi connectivity index (χ2n) is 9.68. The van der Waals surface area contributed by atoms with E-state index in [1.54, 1.807) is 31.4 Å². The Kier molecular flexibility index (Phi) is 8.10. The van der Waals surface area contributed by atoms with Crippen LogP contribution in [0.5, 0.6) is 11.5 Å². The fourth-order valence-corrected chi connectivity index (χ4v) is 4.65. The van der Waals surface area contributed by atoms with Gasteiger partial charge in [-0.2, -0.15) is 0 Å². The van der Waals surface area contributed by atoms with Crippen molar-refractivity contribution in [2.24, 2.45) is 0 Å². The van der Waals surface area contributed by atoms with Gasteiger partial charge in [-0.3, -0.25) is 4.79 Å². The van der Waals surface area contributed by atoms with Crippen molar-refractivity contribution in [3.05, 3.63) is 59.0 Å². The molecule has 5 rings (SSSR count). The SMILES string of the molecule is COc1ccc(-c2coc3cc(OC4OC(CO)C(O)C(O)C4O[C@H]4OC[C@](O)(CO)[C@H]4O)ccc3c2=O)cc1. The van der Waals surface area contributed by atoms with Gasteiger partial charge in [0.05, 0.1) is 37.9 Å². The van der Waals surface area contributed by atoms with Crippen LogP contribution in [-0.2, 0) is 14.2 Å². The number of ether oxygens (including phenoxy) is 5. The lowest BCUT2D eigenvalue weighted by Crippen LogP contribution is -2.62. The molecule has 0 saturated carbocycles. The van der Waals surface area contributed by atoms with E-state index in [9.17, 15) is 35.4 Å². The molecule has 1 aromatic heterocycles. The topological polar surface area (TPSA) is 198 Å². The molecular formula is C27H30O13. The zero-order valence-corrected chi connectivity index (χ0v) is 21.3. The van der Waals surface area contributed by atoms with Crippen LogP contribution in [0.1, 0.15) is 0 Å². The summed E-state index contributed by atoms with van der Waals surface area (Å²) >= 11 is 0. The summed E-state index contributed by atoms with van der Waals surface area (Å²) in [6, 6.07) is 11.3. The van der Waals surface area contributed by atoms with Crippen LogP contribution in [0.15, 0.2) is 57.9 Å². The maximum absolute atomic E-state index is 13.2. The van der Waals surface area contributed by atoms with Crippen molar-refractivity contribution >= 4 is 11.0 Å². The average molecular weight is 563 g/mol. The molecule has 0 spiro atoms. The van der Waals surface area contributed by atoms with E-state index in [-0.39, 0.29) is 22.1 Å². The van der Waals surface area contributed by atoms with Gasteiger partial charge in [0.15, 0.2) is 17.8 Å². The van der Waals surface area contributed by atoms with Crippen molar-refractivity contribution in [3.8, 4) is 22.6 Å². The molecule has 0 radical (unpaired) electrons. The molecule has 2 saturated heterocycles. The minimum absolute atomic E-state index is 0.131. The maximum Gasteiger partial charge on any atom is 0.229 e. The first-order chi connectivity index (χ1) is 19.2. The van der Waals surface area contributed by atoms with E-state index >= 15 is 0 Å². The molecule has 216 valence electrons. The van der Waals surface area contributed by atoms with Gasteiger partial charge in [0.25, 0.3) is 0 Å². The van der Waals surface area contributed by atoms with Crippen LogP contribution >= 0.6 is 0 Å². The summed E-state index contributed by atoms with van der Waals surface area (Å²) in [6.07, 6.45) is -9.29. The van der Waals surface area contributed by atoms with E-state index in [0.717, 1.165) is 0 Å². The quantitative estimate of drug-likeness (QED) is 0.198. The molecular weight excluding hydrogens is 532 g/mol. The molecule has 0 amide bonds. The molecule has 2 fully saturated rings. The number of hydrogen-bond donors (Lipinski definition) is 6. The number of methoxy groups -OCH3 is 1. The Morgan fingerprint density at radius 3 is 2.38 bits per heavy atom. The second-order valence-corrected chi connectivity index (χ2v) is 9.68. The molecule has 6 N–H and O–H groups in total. The van der Waals surface area contributed by atoms with E-state index in [1.807, 2.05) is 0 Å². The first-order valence-corrected chi connectivity index (χ1v) is 12.5. The van der Waals surface area contributed by atoms with Crippen LogP contribution < -0.4 is 14.9 Å². The number of aliphatic hydroxyl groups excluding tert-OH is 5.